The summed E-state index contributed by atoms with van der Waals surface area (Å²) in [5.41, 5.74) is -0.0817. The number of benzene rings is 1. The molecule has 0 spiro atoms. The number of rotatable bonds is 7. The van der Waals surface area contributed by atoms with Gasteiger partial charge < -0.3 is 19.6 Å². The lowest BCUT2D eigenvalue weighted by Crippen LogP contribution is -2.48. The van der Waals surface area contributed by atoms with Crippen molar-refractivity contribution in [3.05, 3.63) is 34.9 Å². The number of halogens is 2. The van der Waals surface area contributed by atoms with Crippen LogP contribution >= 0.6 is 0 Å². The molecule has 7 heteroatoms. The van der Waals surface area contributed by atoms with Gasteiger partial charge in [0.2, 0.25) is 0 Å². The third-order valence-electron chi connectivity index (χ3n) is 4.92. The maximum Gasteiger partial charge on any atom is 0.256 e. The molecule has 1 aliphatic heterocycles. The van der Waals surface area contributed by atoms with Crippen LogP contribution in [-0.2, 0) is 4.74 Å². The molecule has 5 nitrogen and oxygen atoms in total. The lowest BCUT2D eigenvalue weighted by molar-refractivity contribution is 0.0446. The lowest BCUT2D eigenvalue weighted by atomic mass is 9.88. The molecule has 1 aromatic carbocycles. The van der Waals surface area contributed by atoms with Crippen LogP contribution in [0.3, 0.4) is 0 Å². The van der Waals surface area contributed by atoms with Crippen molar-refractivity contribution >= 4 is 5.91 Å². The molecule has 1 aliphatic rings. The second kappa shape index (κ2) is 9.39. The molecule has 146 valence electrons. The number of nitrogens with zero attached hydrogens (tertiary/aromatic N) is 2. The highest BCUT2D eigenvalue weighted by Gasteiger charge is 2.32. The van der Waals surface area contributed by atoms with Gasteiger partial charge in [0, 0.05) is 39.9 Å². The number of hydrogen-bond acceptors (Lipinski definition) is 4. The third kappa shape index (κ3) is 4.99. The first-order valence-electron chi connectivity index (χ1n) is 8.89. The zero-order chi connectivity index (χ0) is 19.3. The number of piperidine rings is 1. The van der Waals surface area contributed by atoms with Crippen LogP contribution < -0.4 is 0 Å². The molecule has 2 rings (SSSR count). The van der Waals surface area contributed by atoms with Gasteiger partial charge in [0.15, 0.2) is 11.6 Å². The van der Waals surface area contributed by atoms with E-state index in [1.165, 1.54) is 24.0 Å². The number of aliphatic hydroxyl groups excluding tert-OH is 1. The van der Waals surface area contributed by atoms with Gasteiger partial charge in [-0.15, -0.1) is 0 Å². The van der Waals surface area contributed by atoms with Crippen LogP contribution in [0.2, 0.25) is 0 Å². The van der Waals surface area contributed by atoms with E-state index < -0.39 is 17.5 Å². The molecule has 1 amide bonds. The Morgan fingerprint density at radius 2 is 2.00 bits per heavy atom. The molecule has 1 heterocycles. The van der Waals surface area contributed by atoms with E-state index >= 15 is 0 Å². The van der Waals surface area contributed by atoms with Gasteiger partial charge in [0.1, 0.15) is 0 Å². The number of carbonyl (C=O) groups excluding carboxylic acids is 1. The first-order chi connectivity index (χ1) is 12.4. The number of ether oxygens (including phenoxy) is 1. The quantitative estimate of drug-likeness (QED) is 0.797. The summed E-state index contributed by atoms with van der Waals surface area (Å²) >= 11 is 0. The van der Waals surface area contributed by atoms with Crippen LogP contribution in [-0.4, -0.2) is 74.4 Å². The summed E-state index contributed by atoms with van der Waals surface area (Å²) in [5.74, 6) is -2.52. The Bertz CT molecular complexity index is 627. The normalized spacial score (nSPS) is 20.7. The van der Waals surface area contributed by atoms with Crippen LogP contribution in [0.5, 0.6) is 0 Å². The predicted octanol–water partition coefficient (Wildman–Crippen LogP) is 1.92. The molecule has 0 radical (unpaired) electrons. The topological polar surface area (TPSA) is 53.0 Å². The molecule has 0 aromatic heterocycles. The number of amides is 1. The maximum absolute atomic E-state index is 14.2. The fourth-order valence-electron chi connectivity index (χ4n) is 3.51. The molecular weight excluding hydrogens is 342 g/mol. The van der Waals surface area contributed by atoms with Gasteiger partial charge in [-0.1, -0.05) is 6.07 Å². The van der Waals surface area contributed by atoms with Crippen LogP contribution in [0.15, 0.2) is 12.1 Å². The Hall–Kier alpha value is -1.57. The highest BCUT2D eigenvalue weighted by atomic mass is 19.2. The Balaban J connectivity index is 2.12. The molecule has 1 aromatic rings. The molecule has 26 heavy (non-hydrogen) atoms. The molecule has 0 saturated carbocycles. The Morgan fingerprint density at radius 3 is 2.65 bits per heavy atom. The average Bonchev–Trinajstić information content (AvgIpc) is 2.63. The van der Waals surface area contributed by atoms with Crippen molar-refractivity contribution in [1.29, 1.82) is 0 Å². The van der Waals surface area contributed by atoms with E-state index in [-0.39, 0.29) is 29.6 Å². The molecule has 1 fully saturated rings. The van der Waals surface area contributed by atoms with Gasteiger partial charge in [-0.25, -0.2) is 8.78 Å². The summed E-state index contributed by atoms with van der Waals surface area (Å²) in [6.07, 6.45) is 0.794. The van der Waals surface area contributed by atoms with E-state index in [1.807, 2.05) is 7.05 Å². The first-order valence-corrected chi connectivity index (χ1v) is 8.89. The smallest absolute Gasteiger partial charge is 0.256 e. The number of methoxy groups -OCH3 is 1. The average molecular weight is 370 g/mol. The van der Waals surface area contributed by atoms with E-state index in [9.17, 15) is 18.7 Å². The third-order valence-corrected chi connectivity index (χ3v) is 4.92. The van der Waals surface area contributed by atoms with Gasteiger partial charge in [-0.3, -0.25) is 4.79 Å². The summed E-state index contributed by atoms with van der Waals surface area (Å²) in [4.78, 5) is 16.4. The summed E-state index contributed by atoms with van der Waals surface area (Å²) in [6, 6.07) is 2.74. The van der Waals surface area contributed by atoms with E-state index in [1.54, 1.807) is 7.11 Å². The summed E-state index contributed by atoms with van der Waals surface area (Å²) in [6.45, 7) is 4.36. The Labute approximate surface area is 153 Å². The van der Waals surface area contributed by atoms with Crippen molar-refractivity contribution in [2.75, 3.05) is 53.6 Å². The van der Waals surface area contributed by atoms with Gasteiger partial charge in [-0.05, 0) is 43.9 Å². The highest BCUT2D eigenvalue weighted by molar-refractivity contribution is 5.94. The molecule has 1 saturated heterocycles. The predicted molar refractivity (Wildman–Crippen MR) is 95.1 cm³/mol. The number of hydrogen-bond donors (Lipinski definition) is 1. The van der Waals surface area contributed by atoms with Crippen molar-refractivity contribution in [3.63, 3.8) is 0 Å². The molecular formula is C19H28F2N2O3. The monoisotopic (exact) mass is 370 g/mol. The highest BCUT2D eigenvalue weighted by Crippen LogP contribution is 2.25. The molecule has 0 unspecified atom stereocenters. The van der Waals surface area contributed by atoms with Crippen LogP contribution in [0.1, 0.15) is 22.3 Å². The van der Waals surface area contributed by atoms with Crippen molar-refractivity contribution in [1.82, 2.24) is 9.80 Å². The number of aliphatic hydroxyl groups is 1. The standard InChI is InChI=1S/C19H28F2N2O3/c1-13-4-5-16(18(21)17(13)20)19(25)23-10-14(8-15(11-23)12-24)9-22(2)6-7-26-3/h4-5,14-15,24H,6-12H2,1-3H3/t14-,15+/m0/s1. The Morgan fingerprint density at radius 1 is 1.31 bits per heavy atom. The molecule has 2 atom stereocenters. The lowest BCUT2D eigenvalue weighted by Gasteiger charge is -2.38. The van der Waals surface area contributed by atoms with Crippen molar-refractivity contribution in [2.45, 2.75) is 13.3 Å². The largest absolute Gasteiger partial charge is 0.396 e. The number of carbonyl (C=O) groups is 1. The maximum atomic E-state index is 14.2. The number of aryl methyl sites for hydroxylation is 1. The van der Waals surface area contributed by atoms with Crippen molar-refractivity contribution in [3.8, 4) is 0 Å². The Kier molecular flexibility index (Phi) is 7.49. The minimum absolute atomic E-state index is 0.0349. The molecule has 1 N–H and O–H groups in total. The fraction of sp³-hybridized carbons (Fsp3) is 0.632. The zero-order valence-electron chi connectivity index (χ0n) is 15.7. The van der Waals surface area contributed by atoms with Crippen LogP contribution in [0.25, 0.3) is 0 Å². The second-order valence-corrected chi connectivity index (χ2v) is 7.17. The van der Waals surface area contributed by atoms with E-state index in [0.29, 0.717) is 19.7 Å². The van der Waals surface area contributed by atoms with Gasteiger partial charge in [0.25, 0.3) is 5.91 Å². The van der Waals surface area contributed by atoms with Crippen LogP contribution in [0, 0.1) is 30.4 Å². The van der Waals surface area contributed by atoms with Crippen molar-refractivity contribution in [2.24, 2.45) is 11.8 Å². The molecule has 0 bridgehead atoms. The van der Waals surface area contributed by atoms with Gasteiger partial charge in [0.05, 0.1) is 12.2 Å². The fourth-order valence-corrected chi connectivity index (χ4v) is 3.51. The minimum atomic E-state index is -1.10. The number of likely N-dealkylation sites (tertiary alicyclic amines) is 1. The SMILES string of the molecule is COCCN(C)C[C@@H]1C[C@@H](CO)CN(C(=O)c2ccc(C)c(F)c2F)C1. The van der Waals surface area contributed by atoms with E-state index in [4.69, 9.17) is 4.74 Å². The zero-order valence-corrected chi connectivity index (χ0v) is 15.7. The van der Waals surface area contributed by atoms with Gasteiger partial charge >= 0.3 is 0 Å². The number of likely N-dealkylation sites (N-methyl/N-ethyl adjacent to an activating group) is 1. The van der Waals surface area contributed by atoms with E-state index in [2.05, 4.69) is 4.90 Å². The summed E-state index contributed by atoms with van der Waals surface area (Å²) < 4.78 is 33.1. The minimum Gasteiger partial charge on any atom is -0.396 e. The van der Waals surface area contributed by atoms with Crippen LogP contribution in [0.4, 0.5) is 8.78 Å². The summed E-state index contributed by atoms with van der Waals surface area (Å²) in [5, 5.41) is 9.58. The van der Waals surface area contributed by atoms with E-state index in [0.717, 1.165) is 19.5 Å². The molecule has 0 aliphatic carbocycles. The summed E-state index contributed by atoms with van der Waals surface area (Å²) in [7, 11) is 3.62. The first kappa shape index (κ1) is 20.7. The second-order valence-electron chi connectivity index (χ2n) is 7.17. The van der Waals surface area contributed by atoms with Crippen molar-refractivity contribution < 1.29 is 23.4 Å². The van der Waals surface area contributed by atoms with Gasteiger partial charge in [-0.2, -0.15) is 0 Å².